The molecule has 10 heteroatoms. The molecule has 0 fully saturated rings. The minimum absolute atomic E-state index is 0. The number of ether oxygens (including phenoxy) is 1. The predicted molar refractivity (Wildman–Crippen MR) is 96.3 cm³/mol. The molecule has 0 spiro atoms. The number of hydrogen-bond donors (Lipinski definition) is 3. The Bertz CT molecular complexity index is 599. The van der Waals surface area contributed by atoms with E-state index in [0.29, 0.717) is 31.3 Å². The molecule has 0 aliphatic rings. The van der Waals surface area contributed by atoms with Crippen LogP contribution in [-0.2, 0) is 19.6 Å². The van der Waals surface area contributed by atoms with Crippen molar-refractivity contribution in [2.75, 3.05) is 39.9 Å². The van der Waals surface area contributed by atoms with E-state index in [1.54, 1.807) is 19.2 Å². The Morgan fingerprint density at radius 3 is 2.62 bits per heavy atom. The maximum Gasteiger partial charge on any atom is 0.240 e. The number of benzene rings is 1. The molecule has 0 atom stereocenters. The Morgan fingerprint density at radius 1 is 1.21 bits per heavy atom. The Kier molecular flexibility index (Phi) is 12.0. The Labute approximate surface area is 153 Å². The normalized spacial score (nSPS) is 10.9. The van der Waals surface area contributed by atoms with Gasteiger partial charge in [0.25, 0.3) is 0 Å². The smallest absolute Gasteiger partial charge is 0.240 e. The molecule has 7 nitrogen and oxygen atoms in total. The largest absolute Gasteiger partial charge is 0.383 e. The fourth-order valence-corrected chi connectivity index (χ4v) is 3.03. The summed E-state index contributed by atoms with van der Waals surface area (Å²) >= 11 is 5.77. The molecule has 0 aliphatic heterocycles. The van der Waals surface area contributed by atoms with Gasteiger partial charge in [-0.2, -0.15) is 0 Å². The van der Waals surface area contributed by atoms with Crippen LogP contribution in [0.5, 0.6) is 0 Å². The summed E-state index contributed by atoms with van der Waals surface area (Å²) in [5.74, 6) is -0.215. The molecule has 1 aromatic carbocycles. The fourth-order valence-electron chi connectivity index (χ4n) is 1.69. The van der Waals surface area contributed by atoms with Gasteiger partial charge >= 0.3 is 0 Å². The van der Waals surface area contributed by atoms with E-state index in [4.69, 9.17) is 16.3 Å². The van der Waals surface area contributed by atoms with E-state index in [2.05, 4.69) is 15.4 Å². The van der Waals surface area contributed by atoms with Gasteiger partial charge in [-0.15, -0.1) is 12.4 Å². The van der Waals surface area contributed by atoms with Gasteiger partial charge in [0.05, 0.1) is 11.5 Å². The third kappa shape index (κ3) is 9.41. The van der Waals surface area contributed by atoms with E-state index in [1.165, 1.54) is 12.1 Å². The quantitative estimate of drug-likeness (QED) is 0.477. The number of rotatable bonds is 11. The first kappa shape index (κ1) is 23.1. The molecule has 24 heavy (non-hydrogen) atoms. The number of sulfonamides is 1. The number of amides is 1. The molecule has 0 saturated heterocycles. The first-order valence-electron chi connectivity index (χ1n) is 7.17. The van der Waals surface area contributed by atoms with Crippen LogP contribution in [0.3, 0.4) is 0 Å². The lowest BCUT2D eigenvalue weighted by Crippen LogP contribution is -2.35. The molecule has 1 amide bonds. The topological polar surface area (TPSA) is 96.5 Å². The molecule has 0 bridgehead atoms. The van der Waals surface area contributed by atoms with Crippen molar-refractivity contribution in [3.05, 3.63) is 29.3 Å². The molecule has 1 rings (SSSR count). The SMILES string of the molecule is COCCNCCNC(=O)CCNS(=O)(=O)c1cccc(Cl)c1.Cl. The van der Waals surface area contributed by atoms with E-state index < -0.39 is 10.0 Å². The van der Waals surface area contributed by atoms with Gasteiger partial charge in [0.2, 0.25) is 15.9 Å². The predicted octanol–water partition coefficient (Wildman–Crippen LogP) is 0.782. The zero-order valence-electron chi connectivity index (χ0n) is 13.4. The van der Waals surface area contributed by atoms with Gasteiger partial charge in [0.15, 0.2) is 0 Å². The van der Waals surface area contributed by atoms with E-state index in [1.807, 2.05) is 0 Å². The van der Waals surface area contributed by atoms with E-state index in [0.717, 1.165) is 0 Å². The summed E-state index contributed by atoms with van der Waals surface area (Å²) in [5, 5.41) is 6.12. The first-order valence-corrected chi connectivity index (χ1v) is 9.03. The van der Waals surface area contributed by atoms with Gasteiger partial charge in [0, 0.05) is 44.7 Å². The van der Waals surface area contributed by atoms with Gasteiger partial charge in [-0.1, -0.05) is 17.7 Å². The third-order valence-corrected chi connectivity index (χ3v) is 4.55. The van der Waals surface area contributed by atoms with Gasteiger partial charge in [0.1, 0.15) is 0 Å². The summed E-state index contributed by atoms with van der Waals surface area (Å²) in [7, 11) is -2.04. The van der Waals surface area contributed by atoms with Crippen LogP contribution >= 0.6 is 24.0 Å². The van der Waals surface area contributed by atoms with Crippen molar-refractivity contribution in [1.82, 2.24) is 15.4 Å². The Balaban J connectivity index is 0.00000529. The highest BCUT2D eigenvalue weighted by Crippen LogP contribution is 2.14. The van der Waals surface area contributed by atoms with E-state index in [9.17, 15) is 13.2 Å². The maximum atomic E-state index is 12.0. The lowest BCUT2D eigenvalue weighted by atomic mass is 10.4. The van der Waals surface area contributed by atoms with Crippen molar-refractivity contribution < 1.29 is 17.9 Å². The van der Waals surface area contributed by atoms with Crippen LogP contribution in [0.2, 0.25) is 5.02 Å². The van der Waals surface area contributed by atoms with Crippen molar-refractivity contribution in [3.8, 4) is 0 Å². The van der Waals surface area contributed by atoms with Crippen molar-refractivity contribution in [3.63, 3.8) is 0 Å². The van der Waals surface area contributed by atoms with Crippen molar-refractivity contribution in [1.29, 1.82) is 0 Å². The van der Waals surface area contributed by atoms with Crippen LogP contribution in [0.15, 0.2) is 29.2 Å². The molecule has 138 valence electrons. The fraction of sp³-hybridized carbons (Fsp3) is 0.500. The second kappa shape index (κ2) is 12.5. The number of halogens is 2. The monoisotopic (exact) mass is 399 g/mol. The second-order valence-electron chi connectivity index (χ2n) is 4.70. The van der Waals surface area contributed by atoms with Crippen LogP contribution in [0.1, 0.15) is 6.42 Å². The highest BCUT2D eigenvalue weighted by Gasteiger charge is 2.14. The number of carbonyl (C=O) groups is 1. The number of methoxy groups -OCH3 is 1. The van der Waals surface area contributed by atoms with Gasteiger partial charge in [-0.3, -0.25) is 4.79 Å². The molecule has 1 aromatic rings. The highest BCUT2D eigenvalue weighted by atomic mass is 35.5. The zero-order valence-corrected chi connectivity index (χ0v) is 15.8. The van der Waals surface area contributed by atoms with Crippen LogP contribution < -0.4 is 15.4 Å². The van der Waals surface area contributed by atoms with Crippen LogP contribution in [0, 0.1) is 0 Å². The summed E-state index contributed by atoms with van der Waals surface area (Å²) in [6, 6.07) is 5.95. The van der Waals surface area contributed by atoms with Gasteiger partial charge in [-0.25, -0.2) is 13.1 Å². The third-order valence-electron chi connectivity index (χ3n) is 2.86. The first-order chi connectivity index (χ1) is 11.0. The summed E-state index contributed by atoms with van der Waals surface area (Å²) in [6.07, 6.45) is 0.0673. The van der Waals surface area contributed by atoms with Crippen molar-refractivity contribution in [2.24, 2.45) is 0 Å². The number of nitrogens with one attached hydrogen (secondary N) is 3. The van der Waals surface area contributed by atoms with Crippen molar-refractivity contribution in [2.45, 2.75) is 11.3 Å². The zero-order chi connectivity index (χ0) is 17.1. The van der Waals surface area contributed by atoms with Crippen LogP contribution in [0.25, 0.3) is 0 Å². The molecule has 3 N–H and O–H groups in total. The minimum Gasteiger partial charge on any atom is -0.383 e. The Morgan fingerprint density at radius 2 is 1.96 bits per heavy atom. The van der Waals surface area contributed by atoms with E-state index >= 15 is 0 Å². The number of hydrogen-bond acceptors (Lipinski definition) is 5. The molecule has 0 unspecified atom stereocenters. The standard InChI is InChI=1S/C14H22ClN3O4S.ClH/c1-22-10-9-16-7-8-17-14(19)5-6-18-23(20,21)13-4-2-3-12(15)11-13;/h2-4,11,16,18H,5-10H2,1H3,(H,17,19);1H. The average molecular weight is 400 g/mol. The molecular formula is C14H23Cl2N3O4S. The van der Waals surface area contributed by atoms with Crippen LogP contribution in [0.4, 0.5) is 0 Å². The summed E-state index contributed by atoms with van der Waals surface area (Å²) in [4.78, 5) is 11.7. The second-order valence-corrected chi connectivity index (χ2v) is 6.90. The van der Waals surface area contributed by atoms with E-state index in [-0.39, 0.29) is 36.2 Å². The highest BCUT2D eigenvalue weighted by molar-refractivity contribution is 7.89. The van der Waals surface area contributed by atoms with Crippen molar-refractivity contribution >= 4 is 39.9 Å². The summed E-state index contributed by atoms with van der Waals surface area (Å²) in [5.41, 5.74) is 0. The molecule has 0 radical (unpaired) electrons. The minimum atomic E-state index is -3.65. The molecule has 0 aromatic heterocycles. The molecule has 0 heterocycles. The Hall–Kier alpha value is -0.900. The number of carbonyl (C=O) groups excluding carboxylic acids is 1. The lowest BCUT2D eigenvalue weighted by Gasteiger charge is -2.08. The molecular weight excluding hydrogens is 377 g/mol. The molecule has 0 saturated carbocycles. The average Bonchev–Trinajstić information content (AvgIpc) is 2.50. The lowest BCUT2D eigenvalue weighted by molar-refractivity contribution is -0.120. The summed E-state index contributed by atoms with van der Waals surface area (Å²) in [6.45, 7) is 2.45. The van der Waals surface area contributed by atoms with Gasteiger partial charge < -0.3 is 15.4 Å². The summed E-state index contributed by atoms with van der Waals surface area (Å²) < 4.78 is 31.3. The van der Waals surface area contributed by atoms with Crippen LogP contribution in [-0.4, -0.2) is 54.2 Å². The molecule has 0 aliphatic carbocycles. The van der Waals surface area contributed by atoms with Gasteiger partial charge in [-0.05, 0) is 18.2 Å². The maximum absolute atomic E-state index is 12.0.